The molecule has 0 saturated carbocycles. The Morgan fingerprint density at radius 1 is 1.12 bits per heavy atom. The van der Waals surface area contributed by atoms with Crippen LogP contribution in [0.4, 0.5) is 9.18 Å². The first-order valence-electron chi connectivity index (χ1n) is 15.5. The number of rotatable bonds is 13. The third-order valence-electron chi connectivity index (χ3n) is 8.13. The molecule has 14 heteroatoms. The number of carbonyl (C=O) groups is 2. The van der Waals surface area contributed by atoms with Crippen LogP contribution < -0.4 is 20.1 Å². The smallest absolute Gasteiger partial charge is 0.407 e. The lowest BCUT2D eigenvalue weighted by molar-refractivity contribution is -0.119. The fourth-order valence-electron chi connectivity index (χ4n) is 5.71. The number of aliphatic hydroxyl groups is 1. The number of aliphatic hydroxyl groups excluding tert-OH is 1. The highest BCUT2D eigenvalue weighted by atomic mass is 35.5. The van der Waals surface area contributed by atoms with Crippen LogP contribution in [0.1, 0.15) is 30.9 Å². The van der Waals surface area contributed by atoms with Crippen LogP contribution in [0.5, 0.6) is 11.6 Å². The molecule has 0 radical (unpaired) electrons. The van der Waals surface area contributed by atoms with Gasteiger partial charge >= 0.3 is 6.09 Å². The van der Waals surface area contributed by atoms with E-state index >= 15 is 4.39 Å². The number of nitrogens with zero attached hydrogens (tertiary/aromatic N) is 3. The van der Waals surface area contributed by atoms with Crippen molar-refractivity contribution in [1.82, 2.24) is 25.5 Å². The van der Waals surface area contributed by atoms with Crippen molar-refractivity contribution in [3.05, 3.63) is 81.7 Å². The predicted molar refractivity (Wildman–Crippen MR) is 184 cm³/mol. The SMILES string of the molecule is COc1cc(-c2nccc(-c3cccc(-c4ccc(CN(C[C@@H]5CCC(=O)N5)C(=O)O)c(OC)n4)c3Cl)c2Cl)cc(F)c1CNC[C@H](C)O. The van der Waals surface area contributed by atoms with Crippen LogP contribution in [0.2, 0.25) is 10.0 Å². The lowest BCUT2D eigenvalue weighted by Crippen LogP contribution is -2.41. The topological polar surface area (TPSA) is 146 Å². The van der Waals surface area contributed by atoms with E-state index in [-0.39, 0.29) is 49.0 Å². The number of amides is 2. The Hall–Kier alpha value is -4.49. The number of halogens is 3. The summed E-state index contributed by atoms with van der Waals surface area (Å²) in [5, 5.41) is 25.8. The summed E-state index contributed by atoms with van der Waals surface area (Å²) in [5.41, 5.74) is 3.77. The number of methoxy groups -OCH3 is 2. The molecule has 2 amide bonds. The zero-order valence-corrected chi connectivity index (χ0v) is 28.6. The molecular formula is C35H36Cl2FN5O6. The first-order valence-corrected chi connectivity index (χ1v) is 16.3. The molecule has 5 rings (SSSR count). The summed E-state index contributed by atoms with van der Waals surface area (Å²) in [6.45, 7) is 2.22. The molecule has 0 unspecified atom stereocenters. The summed E-state index contributed by atoms with van der Waals surface area (Å²) in [6.07, 6.45) is 0.779. The van der Waals surface area contributed by atoms with Crippen LogP contribution >= 0.6 is 23.2 Å². The van der Waals surface area contributed by atoms with E-state index in [1.54, 1.807) is 55.6 Å². The molecular weight excluding hydrogens is 676 g/mol. The van der Waals surface area contributed by atoms with Crippen molar-refractivity contribution >= 4 is 35.2 Å². The van der Waals surface area contributed by atoms with Gasteiger partial charge in [-0.3, -0.25) is 9.78 Å². The van der Waals surface area contributed by atoms with Gasteiger partial charge in [-0.2, -0.15) is 0 Å². The van der Waals surface area contributed by atoms with Gasteiger partial charge in [0, 0.05) is 71.7 Å². The first kappa shape index (κ1) is 35.8. The first-order chi connectivity index (χ1) is 23.5. The second kappa shape index (κ2) is 15.8. The van der Waals surface area contributed by atoms with Crippen LogP contribution in [-0.2, 0) is 17.9 Å². The van der Waals surface area contributed by atoms with Gasteiger partial charge in [-0.05, 0) is 43.7 Å². The lowest BCUT2D eigenvalue weighted by atomic mass is 9.99. The summed E-state index contributed by atoms with van der Waals surface area (Å²) >= 11 is 13.9. The summed E-state index contributed by atoms with van der Waals surface area (Å²) in [5.74, 6) is -0.0816. The number of nitrogens with one attached hydrogen (secondary N) is 2. The Morgan fingerprint density at radius 3 is 2.55 bits per heavy atom. The molecule has 2 atom stereocenters. The number of carbonyl (C=O) groups excluding carboxylic acids is 1. The molecule has 11 nitrogen and oxygen atoms in total. The van der Waals surface area contributed by atoms with Gasteiger partial charge in [0.25, 0.3) is 0 Å². The number of hydrogen-bond donors (Lipinski definition) is 4. The molecule has 2 aromatic heterocycles. The normalized spacial score (nSPS) is 14.8. The van der Waals surface area contributed by atoms with Crippen LogP contribution in [-0.4, -0.2) is 76.5 Å². The number of hydrogen-bond acceptors (Lipinski definition) is 8. The maximum absolute atomic E-state index is 15.3. The number of carboxylic acid groups (broad SMARTS) is 1. The lowest BCUT2D eigenvalue weighted by Gasteiger charge is -2.23. The summed E-state index contributed by atoms with van der Waals surface area (Å²) in [7, 11) is 2.90. The minimum Gasteiger partial charge on any atom is -0.496 e. The molecule has 0 aliphatic carbocycles. The van der Waals surface area contributed by atoms with Gasteiger partial charge in [-0.1, -0.05) is 41.4 Å². The third kappa shape index (κ3) is 8.22. The highest BCUT2D eigenvalue weighted by Gasteiger charge is 2.26. The van der Waals surface area contributed by atoms with Crippen molar-refractivity contribution in [2.75, 3.05) is 27.3 Å². The van der Waals surface area contributed by atoms with E-state index in [9.17, 15) is 19.8 Å². The molecule has 0 spiro atoms. The second-order valence-electron chi connectivity index (χ2n) is 11.6. The van der Waals surface area contributed by atoms with Crippen LogP contribution in [0.25, 0.3) is 33.6 Å². The van der Waals surface area contributed by atoms with E-state index in [0.29, 0.717) is 68.4 Å². The van der Waals surface area contributed by atoms with Gasteiger partial charge in [0.1, 0.15) is 11.6 Å². The number of aromatic nitrogens is 2. The van der Waals surface area contributed by atoms with E-state index in [1.807, 2.05) is 0 Å². The Labute approximate surface area is 293 Å². The monoisotopic (exact) mass is 711 g/mol. The van der Waals surface area contributed by atoms with Gasteiger partial charge in [-0.15, -0.1) is 0 Å². The minimum absolute atomic E-state index is 0.00602. The molecule has 4 N–H and O–H groups in total. The standard InChI is InChI=1S/C35H36Cl2FN5O6/c1-19(44)15-39-16-26-27(38)13-21(14-29(26)48-2)33-32(37)24(11-12-40-33)23-5-4-6-25(31(23)36)28-9-7-20(34(42-28)49-3)17-43(35(46)47)18-22-8-10-30(45)41-22/h4-7,9,11-14,19,22,39,44H,8,10,15-18H2,1-3H3,(H,41,45)(H,46,47)/t19-,22-/m0/s1. The van der Waals surface area contributed by atoms with E-state index in [0.717, 1.165) is 0 Å². The zero-order valence-electron chi connectivity index (χ0n) is 27.1. The number of benzene rings is 2. The minimum atomic E-state index is -1.13. The van der Waals surface area contributed by atoms with Crippen molar-refractivity contribution in [1.29, 1.82) is 0 Å². The van der Waals surface area contributed by atoms with Crippen LogP contribution in [0.15, 0.2) is 54.7 Å². The molecule has 258 valence electrons. The Balaban J connectivity index is 1.44. The van der Waals surface area contributed by atoms with Crippen molar-refractivity contribution < 1.29 is 33.7 Å². The second-order valence-corrected chi connectivity index (χ2v) is 12.4. The largest absolute Gasteiger partial charge is 0.496 e. The summed E-state index contributed by atoms with van der Waals surface area (Å²) in [6, 6.07) is 13.3. The Bertz CT molecular complexity index is 1860. The van der Waals surface area contributed by atoms with Crippen LogP contribution in [0.3, 0.4) is 0 Å². The number of pyridine rings is 2. The van der Waals surface area contributed by atoms with Gasteiger partial charge < -0.3 is 35.2 Å². The summed E-state index contributed by atoms with van der Waals surface area (Å²) < 4.78 is 26.4. The number of ether oxygens (including phenoxy) is 2. The van der Waals surface area contributed by atoms with Crippen molar-refractivity contribution in [3.8, 4) is 45.3 Å². The Kier molecular flexibility index (Phi) is 11.6. The van der Waals surface area contributed by atoms with Crippen molar-refractivity contribution in [2.45, 2.75) is 45.0 Å². The van der Waals surface area contributed by atoms with E-state index in [1.165, 1.54) is 25.2 Å². The fraction of sp³-hybridized carbons (Fsp3) is 0.314. The maximum Gasteiger partial charge on any atom is 0.407 e. The molecule has 1 aliphatic rings. The van der Waals surface area contributed by atoms with Gasteiger partial charge in [0.15, 0.2) is 0 Å². The molecule has 1 aliphatic heterocycles. The Morgan fingerprint density at radius 2 is 1.88 bits per heavy atom. The third-order valence-corrected chi connectivity index (χ3v) is 8.92. The maximum atomic E-state index is 15.3. The average Bonchev–Trinajstić information content (AvgIpc) is 3.49. The van der Waals surface area contributed by atoms with Gasteiger partial charge in [-0.25, -0.2) is 14.2 Å². The molecule has 0 bridgehead atoms. The highest BCUT2D eigenvalue weighted by Crippen LogP contribution is 2.42. The van der Waals surface area contributed by atoms with E-state index in [4.69, 9.17) is 32.7 Å². The molecule has 3 heterocycles. The van der Waals surface area contributed by atoms with E-state index in [2.05, 4.69) is 20.6 Å². The van der Waals surface area contributed by atoms with Gasteiger partial charge in [0.2, 0.25) is 11.8 Å². The van der Waals surface area contributed by atoms with E-state index < -0.39 is 18.0 Å². The molecule has 1 fully saturated rings. The average molecular weight is 713 g/mol. The van der Waals surface area contributed by atoms with Crippen molar-refractivity contribution in [2.24, 2.45) is 0 Å². The molecule has 1 saturated heterocycles. The zero-order chi connectivity index (χ0) is 35.2. The van der Waals surface area contributed by atoms with Gasteiger partial charge in [0.05, 0.1) is 48.3 Å². The van der Waals surface area contributed by atoms with Crippen LogP contribution in [0, 0.1) is 5.82 Å². The summed E-state index contributed by atoms with van der Waals surface area (Å²) in [4.78, 5) is 34.0. The molecule has 2 aromatic carbocycles. The molecule has 4 aromatic rings. The fourth-order valence-corrected chi connectivity index (χ4v) is 6.36. The highest BCUT2D eigenvalue weighted by molar-refractivity contribution is 6.39. The quantitative estimate of drug-likeness (QED) is 0.128. The molecule has 49 heavy (non-hydrogen) atoms. The van der Waals surface area contributed by atoms with Crippen molar-refractivity contribution in [3.63, 3.8) is 0 Å². The predicted octanol–water partition coefficient (Wildman–Crippen LogP) is 6.17.